The van der Waals surface area contributed by atoms with Gasteiger partial charge in [0.1, 0.15) is 5.82 Å². The molecule has 4 aromatic rings. The molecule has 2 aromatic heterocycles. The zero-order valence-electron chi connectivity index (χ0n) is 16.1. The van der Waals surface area contributed by atoms with E-state index < -0.39 is 10.8 Å². The highest BCUT2D eigenvalue weighted by atomic mass is 79.9. The Labute approximate surface area is 186 Å². The third-order valence-corrected chi connectivity index (χ3v) is 6.85. The van der Waals surface area contributed by atoms with E-state index in [9.17, 15) is 8.60 Å². The van der Waals surface area contributed by atoms with Crippen LogP contribution in [-0.2, 0) is 10.8 Å². The molecule has 1 N–H and O–H groups in total. The summed E-state index contributed by atoms with van der Waals surface area (Å²) in [5.74, 6) is 0.382. The van der Waals surface area contributed by atoms with E-state index in [1.165, 1.54) is 12.1 Å². The number of aromatic nitrogens is 2. The first kappa shape index (κ1) is 20.7. The van der Waals surface area contributed by atoms with Crippen molar-refractivity contribution in [1.29, 1.82) is 0 Å². The minimum Gasteiger partial charge on any atom is -0.354 e. The molecule has 4 rings (SSSR count). The first-order valence-electron chi connectivity index (χ1n) is 9.60. The molecule has 0 saturated heterocycles. The van der Waals surface area contributed by atoms with Crippen LogP contribution in [0.1, 0.15) is 6.42 Å². The monoisotopic (exact) mass is 482 g/mol. The summed E-state index contributed by atoms with van der Waals surface area (Å²) in [6.07, 6.45) is 4.39. The van der Waals surface area contributed by atoms with Crippen molar-refractivity contribution in [2.45, 2.75) is 11.3 Å². The van der Waals surface area contributed by atoms with E-state index in [0.717, 1.165) is 50.3 Å². The van der Waals surface area contributed by atoms with Crippen LogP contribution in [0, 0.1) is 5.82 Å². The Morgan fingerprint density at radius 2 is 1.57 bits per heavy atom. The smallest absolute Gasteiger partial charge is 0.123 e. The SMILES string of the molecule is O=S(CCCBr)c1ccc(-c2cc(-c3ccncc3)c(-c3ccc(F)cc3)[nH]2)cc1. The van der Waals surface area contributed by atoms with Crippen molar-refractivity contribution in [2.75, 3.05) is 11.1 Å². The number of aromatic amines is 1. The van der Waals surface area contributed by atoms with Gasteiger partial charge in [-0.05, 0) is 77.7 Å². The molecule has 0 bridgehead atoms. The van der Waals surface area contributed by atoms with Gasteiger partial charge in [0.2, 0.25) is 0 Å². The van der Waals surface area contributed by atoms with Crippen LogP contribution in [0.25, 0.3) is 33.6 Å². The van der Waals surface area contributed by atoms with Crippen LogP contribution in [0.3, 0.4) is 0 Å². The summed E-state index contributed by atoms with van der Waals surface area (Å²) >= 11 is 3.38. The van der Waals surface area contributed by atoms with Crippen molar-refractivity contribution in [3.8, 4) is 33.6 Å². The van der Waals surface area contributed by atoms with Gasteiger partial charge in [-0.3, -0.25) is 9.19 Å². The Kier molecular flexibility index (Phi) is 6.55. The summed E-state index contributed by atoms with van der Waals surface area (Å²) in [5.41, 5.74) is 5.81. The van der Waals surface area contributed by atoms with Crippen LogP contribution in [0.2, 0.25) is 0 Å². The third kappa shape index (κ3) is 4.60. The molecule has 1 unspecified atom stereocenters. The van der Waals surface area contributed by atoms with Gasteiger partial charge < -0.3 is 4.98 Å². The van der Waals surface area contributed by atoms with Crippen LogP contribution in [0.4, 0.5) is 4.39 Å². The first-order valence-corrected chi connectivity index (χ1v) is 12.0. The highest BCUT2D eigenvalue weighted by molar-refractivity contribution is 9.09. The lowest BCUT2D eigenvalue weighted by atomic mass is 10.0. The van der Waals surface area contributed by atoms with Gasteiger partial charge in [-0.1, -0.05) is 28.1 Å². The molecular formula is C24H20BrFN2OS. The molecule has 2 heterocycles. The summed E-state index contributed by atoms with van der Waals surface area (Å²) in [6.45, 7) is 0. The van der Waals surface area contributed by atoms with Crippen molar-refractivity contribution in [1.82, 2.24) is 9.97 Å². The van der Waals surface area contributed by atoms with Gasteiger partial charge in [-0.2, -0.15) is 0 Å². The van der Waals surface area contributed by atoms with Crippen molar-refractivity contribution >= 4 is 26.7 Å². The first-order chi connectivity index (χ1) is 14.7. The predicted molar refractivity (Wildman–Crippen MR) is 125 cm³/mol. The maximum Gasteiger partial charge on any atom is 0.123 e. The standard InChI is InChI=1S/C24H20BrFN2OS/c25-12-1-15-30(29)21-8-4-18(5-9-21)23-16-22(17-10-13-27-14-11-17)24(28-23)19-2-6-20(26)7-3-19/h2-11,13-14,16,28H,1,12,15H2. The van der Waals surface area contributed by atoms with Crippen LogP contribution in [-0.4, -0.2) is 25.3 Å². The average molecular weight is 483 g/mol. The summed E-state index contributed by atoms with van der Waals surface area (Å²) in [7, 11) is -0.991. The molecule has 0 spiro atoms. The van der Waals surface area contributed by atoms with Gasteiger partial charge in [0, 0.05) is 39.6 Å². The van der Waals surface area contributed by atoms with Crippen molar-refractivity contribution in [2.24, 2.45) is 0 Å². The third-order valence-electron chi connectivity index (χ3n) is 4.83. The van der Waals surface area contributed by atoms with Crippen molar-refractivity contribution in [3.63, 3.8) is 0 Å². The molecule has 0 aliphatic heterocycles. The van der Waals surface area contributed by atoms with E-state index in [1.807, 2.05) is 36.4 Å². The van der Waals surface area contributed by atoms with Gasteiger partial charge in [-0.25, -0.2) is 4.39 Å². The molecule has 0 fully saturated rings. The van der Waals surface area contributed by atoms with Gasteiger partial charge in [0.05, 0.1) is 16.5 Å². The Balaban J connectivity index is 1.72. The number of nitrogens with zero attached hydrogens (tertiary/aromatic N) is 1. The van der Waals surface area contributed by atoms with E-state index in [0.29, 0.717) is 5.75 Å². The van der Waals surface area contributed by atoms with E-state index in [1.54, 1.807) is 24.5 Å². The number of H-pyrrole nitrogens is 1. The minimum atomic E-state index is -0.991. The zero-order valence-corrected chi connectivity index (χ0v) is 18.5. The number of alkyl halides is 1. The molecular weight excluding hydrogens is 463 g/mol. The number of benzene rings is 2. The number of hydrogen-bond acceptors (Lipinski definition) is 2. The second-order valence-corrected chi connectivity index (χ2v) is 9.19. The average Bonchev–Trinajstić information content (AvgIpc) is 3.24. The quantitative estimate of drug-likeness (QED) is 0.308. The van der Waals surface area contributed by atoms with Gasteiger partial charge >= 0.3 is 0 Å². The van der Waals surface area contributed by atoms with Crippen LogP contribution < -0.4 is 0 Å². The Hall–Kier alpha value is -2.57. The normalized spacial score (nSPS) is 12.1. The number of hydrogen-bond donors (Lipinski definition) is 1. The molecule has 0 saturated carbocycles. The van der Waals surface area contributed by atoms with Gasteiger partial charge in [0.15, 0.2) is 0 Å². The number of halogens is 2. The Bertz CT molecular complexity index is 1140. The highest BCUT2D eigenvalue weighted by Crippen LogP contribution is 2.36. The number of pyridine rings is 1. The maximum absolute atomic E-state index is 13.4. The van der Waals surface area contributed by atoms with E-state index >= 15 is 0 Å². The van der Waals surface area contributed by atoms with Gasteiger partial charge in [0.25, 0.3) is 0 Å². The van der Waals surface area contributed by atoms with Crippen LogP contribution in [0.5, 0.6) is 0 Å². The van der Waals surface area contributed by atoms with Crippen LogP contribution >= 0.6 is 15.9 Å². The molecule has 152 valence electrons. The molecule has 30 heavy (non-hydrogen) atoms. The Morgan fingerprint density at radius 1 is 0.900 bits per heavy atom. The van der Waals surface area contributed by atoms with Crippen molar-refractivity contribution in [3.05, 3.63) is 84.9 Å². The Morgan fingerprint density at radius 3 is 2.23 bits per heavy atom. The van der Waals surface area contributed by atoms with E-state index in [4.69, 9.17) is 0 Å². The fourth-order valence-electron chi connectivity index (χ4n) is 3.30. The highest BCUT2D eigenvalue weighted by Gasteiger charge is 2.14. The van der Waals surface area contributed by atoms with Crippen molar-refractivity contribution < 1.29 is 8.60 Å². The lowest BCUT2D eigenvalue weighted by Gasteiger charge is -2.05. The maximum atomic E-state index is 13.4. The van der Waals surface area contributed by atoms with Gasteiger partial charge in [-0.15, -0.1) is 0 Å². The largest absolute Gasteiger partial charge is 0.354 e. The minimum absolute atomic E-state index is 0.264. The molecule has 6 heteroatoms. The molecule has 0 radical (unpaired) electrons. The zero-order chi connectivity index (χ0) is 20.9. The lowest BCUT2D eigenvalue weighted by molar-refractivity contribution is 0.628. The van der Waals surface area contributed by atoms with E-state index in [-0.39, 0.29) is 5.82 Å². The molecule has 1 atom stereocenters. The lowest BCUT2D eigenvalue weighted by Crippen LogP contribution is -1.98. The topological polar surface area (TPSA) is 45.8 Å². The fourth-order valence-corrected chi connectivity index (χ4v) is 5.04. The number of nitrogens with one attached hydrogen (secondary N) is 1. The van der Waals surface area contributed by atoms with E-state index in [2.05, 4.69) is 32.0 Å². The predicted octanol–water partition coefficient (Wildman–Crippen LogP) is 6.44. The summed E-state index contributed by atoms with van der Waals surface area (Å²) < 4.78 is 25.8. The fraction of sp³-hybridized carbons (Fsp3) is 0.125. The summed E-state index contributed by atoms with van der Waals surface area (Å²) in [6, 6.07) is 20.3. The molecule has 3 nitrogen and oxygen atoms in total. The molecule has 0 aliphatic carbocycles. The molecule has 2 aromatic carbocycles. The summed E-state index contributed by atoms with van der Waals surface area (Å²) in [5, 5.41) is 0.850. The molecule has 0 aliphatic rings. The second-order valence-electron chi connectivity index (χ2n) is 6.83. The summed E-state index contributed by atoms with van der Waals surface area (Å²) in [4.78, 5) is 8.43. The van der Waals surface area contributed by atoms with Crippen LogP contribution in [0.15, 0.2) is 84.0 Å². The number of rotatable bonds is 7. The molecule has 0 amide bonds. The second kappa shape index (κ2) is 9.49.